The topological polar surface area (TPSA) is 59.1 Å². The van der Waals surface area contributed by atoms with Gasteiger partial charge in [-0.05, 0) is 62.4 Å². The number of aromatic nitrogens is 2. The number of hydrogen-bond donors (Lipinski definition) is 2. The van der Waals surface area contributed by atoms with Crippen molar-refractivity contribution in [1.82, 2.24) is 15.3 Å². The molecule has 0 spiro atoms. The van der Waals surface area contributed by atoms with Crippen molar-refractivity contribution in [2.75, 3.05) is 38.2 Å². The molecule has 2 N–H and O–H groups in total. The van der Waals surface area contributed by atoms with Crippen molar-refractivity contribution >= 4 is 17.5 Å². The molecule has 2 aliphatic rings. The minimum absolute atomic E-state index is 0.170. The number of ether oxygens (including phenoxy) is 1. The Kier molecular flexibility index (Phi) is 5.91. The van der Waals surface area contributed by atoms with Gasteiger partial charge in [-0.3, -0.25) is 0 Å². The third kappa shape index (κ3) is 4.10. The quantitative estimate of drug-likeness (QED) is 0.821. The number of benzene rings is 1. The van der Waals surface area contributed by atoms with Crippen LogP contribution in [0.5, 0.6) is 0 Å². The number of anilines is 1. The molecule has 3 heterocycles. The van der Waals surface area contributed by atoms with Crippen LogP contribution in [0.15, 0.2) is 36.5 Å². The van der Waals surface area contributed by atoms with Gasteiger partial charge in [0, 0.05) is 29.8 Å². The number of nitrogens with zero attached hydrogens (tertiary/aromatic N) is 2. The molecule has 0 aliphatic carbocycles. The normalized spacial score (nSPS) is 22.3. The van der Waals surface area contributed by atoms with Crippen molar-refractivity contribution in [3.05, 3.63) is 52.8 Å². The molecule has 0 radical (unpaired) electrons. The fourth-order valence-electron chi connectivity index (χ4n) is 4.28. The zero-order valence-electron chi connectivity index (χ0n) is 15.6. The lowest BCUT2D eigenvalue weighted by molar-refractivity contribution is 0.0594. The van der Waals surface area contributed by atoms with Gasteiger partial charge in [0.15, 0.2) is 0 Å². The van der Waals surface area contributed by atoms with Gasteiger partial charge in [0.25, 0.3) is 0 Å². The number of halogens is 1. The van der Waals surface area contributed by atoms with E-state index in [1.54, 1.807) is 0 Å². The van der Waals surface area contributed by atoms with Crippen LogP contribution in [0, 0.1) is 5.92 Å². The van der Waals surface area contributed by atoms with E-state index in [0.29, 0.717) is 11.9 Å². The monoisotopic (exact) mass is 386 g/mol. The summed E-state index contributed by atoms with van der Waals surface area (Å²) < 4.78 is 5.57. The van der Waals surface area contributed by atoms with Gasteiger partial charge in [-0.2, -0.15) is 0 Å². The van der Waals surface area contributed by atoms with Gasteiger partial charge in [-0.1, -0.05) is 29.8 Å². The molecule has 27 heavy (non-hydrogen) atoms. The Labute approximate surface area is 165 Å². The fourth-order valence-corrected chi connectivity index (χ4v) is 4.60. The largest absolute Gasteiger partial charge is 0.381 e. The molecule has 1 aromatic heterocycles. The van der Waals surface area contributed by atoms with Crippen LogP contribution in [0.3, 0.4) is 0 Å². The molecule has 0 saturated carbocycles. The second-order valence-corrected chi connectivity index (χ2v) is 7.95. The van der Waals surface area contributed by atoms with Crippen LogP contribution in [-0.2, 0) is 10.2 Å². The van der Waals surface area contributed by atoms with Gasteiger partial charge in [-0.25, -0.2) is 9.97 Å². The molecule has 1 aromatic carbocycles. The van der Waals surface area contributed by atoms with Crippen LogP contribution in [0.1, 0.15) is 36.9 Å². The fraction of sp³-hybridized carbons (Fsp3) is 0.524. The Morgan fingerprint density at radius 2 is 2.07 bits per heavy atom. The molecule has 5 nitrogen and oxygen atoms in total. The molecule has 2 aliphatic heterocycles. The summed E-state index contributed by atoms with van der Waals surface area (Å²) in [6.07, 6.45) is 6.15. The van der Waals surface area contributed by atoms with Gasteiger partial charge >= 0.3 is 0 Å². The summed E-state index contributed by atoms with van der Waals surface area (Å²) in [5.41, 5.74) is 2.05. The average molecular weight is 387 g/mol. The van der Waals surface area contributed by atoms with E-state index in [1.165, 1.54) is 12.0 Å². The Morgan fingerprint density at radius 3 is 2.85 bits per heavy atom. The molecular formula is C21H27ClN4O. The van der Waals surface area contributed by atoms with E-state index in [1.807, 2.05) is 24.4 Å². The first kappa shape index (κ1) is 18.7. The highest BCUT2D eigenvalue weighted by molar-refractivity contribution is 6.31. The van der Waals surface area contributed by atoms with Crippen LogP contribution in [-0.4, -0.2) is 42.8 Å². The zero-order valence-corrected chi connectivity index (χ0v) is 16.3. The molecule has 2 saturated heterocycles. The third-order valence-corrected chi connectivity index (χ3v) is 6.13. The molecule has 144 valence electrons. The van der Waals surface area contributed by atoms with E-state index in [0.717, 1.165) is 62.8 Å². The Hall–Kier alpha value is -1.69. The van der Waals surface area contributed by atoms with E-state index >= 15 is 0 Å². The SMILES string of the molecule is Clc1ccccc1C1(c2ccnc(NC[C@@H]3CCCOC3)n2)CCNCC1. The molecule has 2 fully saturated rings. The zero-order chi connectivity index (χ0) is 18.5. The van der Waals surface area contributed by atoms with Crippen molar-refractivity contribution in [3.63, 3.8) is 0 Å². The van der Waals surface area contributed by atoms with Crippen molar-refractivity contribution in [2.45, 2.75) is 31.1 Å². The van der Waals surface area contributed by atoms with Crippen LogP contribution in [0.2, 0.25) is 5.02 Å². The summed E-state index contributed by atoms with van der Waals surface area (Å²) in [7, 11) is 0. The van der Waals surface area contributed by atoms with Crippen molar-refractivity contribution in [1.29, 1.82) is 0 Å². The van der Waals surface area contributed by atoms with Crippen LogP contribution >= 0.6 is 11.6 Å². The highest BCUT2D eigenvalue weighted by atomic mass is 35.5. The van der Waals surface area contributed by atoms with Crippen LogP contribution in [0.25, 0.3) is 0 Å². The predicted octanol–water partition coefficient (Wildman–Crippen LogP) is 3.64. The second-order valence-electron chi connectivity index (χ2n) is 7.54. The highest BCUT2D eigenvalue weighted by Gasteiger charge is 2.38. The molecule has 2 aromatic rings. The molecule has 1 atom stereocenters. The number of hydrogen-bond acceptors (Lipinski definition) is 5. The van der Waals surface area contributed by atoms with Gasteiger partial charge in [0.1, 0.15) is 0 Å². The maximum absolute atomic E-state index is 6.61. The van der Waals surface area contributed by atoms with E-state index in [-0.39, 0.29) is 5.41 Å². The Balaban J connectivity index is 1.60. The Bertz CT molecular complexity index is 757. The van der Waals surface area contributed by atoms with Gasteiger partial charge in [0.2, 0.25) is 5.95 Å². The summed E-state index contributed by atoms with van der Waals surface area (Å²) in [4.78, 5) is 9.38. The van der Waals surface area contributed by atoms with E-state index in [9.17, 15) is 0 Å². The van der Waals surface area contributed by atoms with Crippen LogP contribution in [0.4, 0.5) is 5.95 Å². The first-order valence-electron chi connectivity index (χ1n) is 9.89. The highest BCUT2D eigenvalue weighted by Crippen LogP contribution is 2.42. The van der Waals surface area contributed by atoms with Gasteiger partial charge in [0.05, 0.1) is 12.3 Å². The van der Waals surface area contributed by atoms with Crippen molar-refractivity contribution in [2.24, 2.45) is 5.92 Å². The number of rotatable bonds is 5. The lowest BCUT2D eigenvalue weighted by Gasteiger charge is -2.38. The van der Waals surface area contributed by atoms with Crippen LogP contribution < -0.4 is 10.6 Å². The molecular weight excluding hydrogens is 360 g/mol. The van der Waals surface area contributed by atoms with Crippen molar-refractivity contribution < 1.29 is 4.74 Å². The Morgan fingerprint density at radius 1 is 1.22 bits per heavy atom. The minimum atomic E-state index is -0.170. The number of nitrogens with one attached hydrogen (secondary N) is 2. The summed E-state index contributed by atoms with van der Waals surface area (Å²) in [6, 6.07) is 10.2. The molecule has 0 bridgehead atoms. The number of piperidine rings is 1. The lowest BCUT2D eigenvalue weighted by Crippen LogP contribution is -2.41. The first-order valence-corrected chi connectivity index (χ1v) is 10.3. The molecule has 6 heteroatoms. The summed E-state index contributed by atoms with van der Waals surface area (Å²) in [5, 5.41) is 7.70. The summed E-state index contributed by atoms with van der Waals surface area (Å²) >= 11 is 6.61. The standard InChI is InChI=1S/C21H27ClN4O/c22-18-6-2-1-5-17(18)21(8-11-23-12-9-21)19-7-10-24-20(26-19)25-14-16-4-3-13-27-15-16/h1-2,5-7,10,16,23H,3-4,8-9,11-15H2,(H,24,25,26)/t16-/m0/s1. The summed E-state index contributed by atoms with van der Waals surface area (Å²) in [6.45, 7) is 4.47. The van der Waals surface area contributed by atoms with Crippen molar-refractivity contribution in [3.8, 4) is 0 Å². The smallest absolute Gasteiger partial charge is 0.222 e. The lowest BCUT2D eigenvalue weighted by atomic mass is 9.70. The maximum Gasteiger partial charge on any atom is 0.222 e. The third-order valence-electron chi connectivity index (χ3n) is 5.80. The predicted molar refractivity (Wildman–Crippen MR) is 108 cm³/mol. The van der Waals surface area contributed by atoms with E-state index < -0.39 is 0 Å². The van der Waals surface area contributed by atoms with E-state index in [4.69, 9.17) is 21.3 Å². The van der Waals surface area contributed by atoms with E-state index in [2.05, 4.69) is 27.8 Å². The second kappa shape index (κ2) is 8.55. The molecule has 4 rings (SSSR count). The molecule has 0 amide bonds. The molecule has 0 unspecified atom stereocenters. The van der Waals surface area contributed by atoms with Gasteiger partial charge < -0.3 is 15.4 Å². The first-order chi connectivity index (χ1) is 13.3. The van der Waals surface area contributed by atoms with Gasteiger partial charge in [-0.15, -0.1) is 0 Å². The summed E-state index contributed by atoms with van der Waals surface area (Å²) in [5.74, 6) is 1.23. The minimum Gasteiger partial charge on any atom is -0.381 e. The average Bonchev–Trinajstić information content (AvgIpc) is 2.74. The maximum atomic E-state index is 6.61.